The highest BCUT2D eigenvalue weighted by atomic mass is 16.3. The van der Waals surface area contributed by atoms with Gasteiger partial charge < -0.3 is 10.1 Å². The maximum absolute atomic E-state index is 13.3. The van der Waals surface area contributed by atoms with E-state index in [1.807, 2.05) is 66.7 Å². The highest BCUT2D eigenvalue weighted by molar-refractivity contribution is 6.73. The van der Waals surface area contributed by atoms with Gasteiger partial charge in [-0.1, -0.05) is 118 Å². The minimum absolute atomic E-state index is 0.348. The summed E-state index contributed by atoms with van der Waals surface area (Å²) in [5, 5.41) is 20.3. The summed E-state index contributed by atoms with van der Waals surface area (Å²) in [4.78, 5) is 13.3. The third kappa shape index (κ3) is 5.29. The Hall–Kier alpha value is -2.69. The molecular weight excluding hydrogens is 407 g/mol. The van der Waals surface area contributed by atoms with Crippen molar-refractivity contribution in [2.75, 3.05) is 6.61 Å². The molecule has 2 unspecified atom stereocenters. The van der Waals surface area contributed by atoms with E-state index in [0.717, 1.165) is 24.0 Å². The van der Waals surface area contributed by atoms with E-state index >= 15 is 0 Å². The van der Waals surface area contributed by atoms with Crippen LogP contribution in [-0.2, 0) is 10.2 Å². The number of carbonyl (C=O) groups is 1. The first-order valence-electron chi connectivity index (χ1n) is 11.9. The molecule has 33 heavy (non-hydrogen) atoms. The van der Waals surface area contributed by atoms with Crippen LogP contribution < -0.4 is 5.46 Å². The zero-order valence-corrected chi connectivity index (χ0v) is 19.9. The van der Waals surface area contributed by atoms with Gasteiger partial charge in [-0.05, 0) is 35.3 Å². The summed E-state index contributed by atoms with van der Waals surface area (Å²) < 4.78 is 0. The van der Waals surface area contributed by atoms with Gasteiger partial charge in [0, 0.05) is 10.7 Å². The Morgan fingerprint density at radius 1 is 0.879 bits per heavy atom. The van der Waals surface area contributed by atoms with Gasteiger partial charge in [-0.25, -0.2) is 0 Å². The number of hydrogen-bond acceptors (Lipinski definition) is 3. The van der Waals surface area contributed by atoms with Crippen molar-refractivity contribution in [3.63, 3.8) is 0 Å². The molecule has 0 amide bonds. The normalized spacial score (nSPS) is 14.3. The van der Waals surface area contributed by atoms with Gasteiger partial charge >= 0.3 is 6.92 Å². The molecule has 0 aliphatic heterocycles. The number of rotatable bonds is 11. The van der Waals surface area contributed by atoms with Gasteiger partial charge in [0.1, 0.15) is 6.61 Å². The van der Waals surface area contributed by atoms with Crippen molar-refractivity contribution < 1.29 is 14.9 Å². The number of carbonyl (C=O) groups excluding carboxylic acids is 1. The quantitative estimate of drug-likeness (QED) is 0.411. The molecule has 172 valence electrons. The van der Waals surface area contributed by atoms with Crippen molar-refractivity contribution >= 4 is 18.2 Å². The van der Waals surface area contributed by atoms with Crippen LogP contribution in [0.1, 0.15) is 51.2 Å². The summed E-state index contributed by atoms with van der Waals surface area (Å²) in [5.41, 5.74) is 2.41. The maximum atomic E-state index is 13.3. The second-order valence-electron chi connectivity index (χ2n) is 9.52. The largest absolute Gasteiger partial charge is 0.446 e. The molecule has 2 N–H and O–H groups in total. The minimum atomic E-state index is -1.19. The first-order valence-corrected chi connectivity index (χ1v) is 11.9. The van der Waals surface area contributed by atoms with Crippen LogP contribution in [0, 0.1) is 5.92 Å². The molecule has 0 radical (unpaired) electrons. The molecular formula is C29H35BO3. The second kappa shape index (κ2) is 11.0. The van der Waals surface area contributed by atoms with Crippen LogP contribution in [0.2, 0.25) is 5.31 Å². The molecule has 0 bridgehead atoms. The fraction of sp³-hybridized carbons (Fsp3) is 0.345. The Balaban J connectivity index is 2.24. The lowest BCUT2D eigenvalue weighted by Gasteiger charge is -2.44. The van der Waals surface area contributed by atoms with E-state index in [0.29, 0.717) is 17.8 Å². The van der Waals surface area contributed by atoms with Crippen molar-refractivity contribution in [1.82, 2.24) is 0 Å². The number of benzene rings is 3. The van der Waals surface area contributed by atoms with E-state index in [1.165, 1.54) is 0 Å². The summed E-state index contributed by atoms with van der Waals surface area (Å²) >= 11 is 0. The van der Waals surface area contributed by atoms with Gasteiger partial charge in [0.15, 0.2) is 5.78 Å². The molecule has 0 saturated heterocycles. The van der Waals surface area contributed by atoms with Crippen molar-refractivity contribution in [1.29, 1.82) is 0 Å². The molecule has 3 aromatic rings. The molecule has 0 heterocycles. The Labute approximate surface area is 198 Å². The first kappa shape index (κ1) is 24.9. The predicted octanol–water partition coefficient (Wildman–Crippen LogP) is 5.01. The van der Waals surface area contributed by atoms with Gasteiger partial charge in [-0.2, -0.15) is 0 Å². The predicted molar refractivity (Wildman–Crippen MR) is 137 cm³/mol. The van der Waals surface area contributed by atoms with E-state index in [-0.39, 0.29) is 5.78 Å². The number of ketones is 1. The van der Waals surface area contributed by atoms with E-state index in [2.05, 4.69) is 38.1 Å². The maximum Gasteiger partial charge on any atom is 0.337 e. The summed E-state index contributed by atoms with van der Waals surface area (Å²) in [6.07, 6.45) is 2.22. The fourth-order valence-electron chi connectivity index (χ4n) is 5.09. The molecule has 3 nitrogen and oxygen atoms in total. The van der Waals surface area contributed by atoms with Gasteiger partial charge in [0.05, 0.1) is 0 Å². The van der Waals surface area contributed by atoms with Crippen LogP contribution in [0.15, 0.2) is 91.0 Å². The van der Waals surface area contributed by atoms with Crippen LogP contribution in [0.4, 0.5) is 0 Å². The lowest BCUT2D eigenvalue weighted by atomic mass is 9.37. The van der Waals surface area contributed by atoms with Gasteiger partial charge in [-0.15, -0.1) is 0 Å². The van der Waals surface area contributed by atoms with Crippen LogP contribution >= 0.6 is 0 Å². The van der Waals surface area contributed by atoms with Gasteiger partial charge in [-0.3, -0.25) is 4.79 Å². The van der Waals surface area contributed by atoms with E-state index < -0.39 is 24.3 Å². The van der Waals surface area contributed by atoms with Crippen molar-refractivity contribution in [2.45, 2.75) is 50.8 Å². The minimum Gasteiger partial charge on any atom is -0.446 e. The van der Waals surface area contributed by atoms with Crippen LogP contribution in [0.3, 0.4) is 0 Å². The Kier molecular flexibility index (Phi) is 8.28. The highest BCUT2D eigenvalue weighted by Crippen LogP contribution is 2.51. The summed E-state index contributed by atoms with van der Waals surface area (Å²) in [6.45, 7) is 4.58. The summed E-state index contributed by atoms with van der Waals surface area (Å²) in [5.74, 6) is 0.0481. The second-order valence-corrected chi connectivity index (χ2v) is 9.52. The standard InChI is InChI=1S/C29H35BO3/c1-4-23(2)20-29(24-14-8-5-9-15-24,25-16-10-6-11-17-25)22-28(3,27(32)21-31)30(33)26-18-12-7-13-19-26/h5-19,23,31,33H,4,20-22H2,1-3H3. The molecule has 0 aromatic heterocycles. The Morgan fingerprint density at radius 3 is 1.76 bits per heavy atom. The van der Waals surface area contributed by atoms with Gasteiger partial charge in [0.25, 0.3) is 0 Å². The third-order valence-corrected chi connectivity index (χ3v) is 7.22. The van der Waals surface area contributed by atoms with E-state index in [9.17, 15) is 14.9 Å². The number of aliphatic hydroxyl groups excluding tert-OH is 1. The SMILES string of the molecule is CCC(C)CC(CC(C)(B(O)c1ccccc1)C(=O)CO)(c1ccccc1)c1ccccc1. The van der Waals surface area contributed by atoms with Crippen molar-refractivity contribution in [2.24, 2.45) is 5.92 Å². The molecule has 0 aliphatic rings. The zero-order valence-electron chi connectivity index (χ0n) is 19.9. The number of aliphatic hydroxyl groups is 1. The molecule has 0 saturated carbocycles. The Bertz CT molecular complexity index is 967. The molecule has 0 aliphatic carbocycles. The van der Waals surface area contributed by atoms with E-state index in [4.69, 9.17) is 0 Å². The molecule has 3 rings (SSSR count). The molecule has 0 spiro atoms. The summed E-state index contributed by atoms with van der Waals surface area (Å²) in [6, 6.07) is 29.9. The monoisotopic (exact) mass is 442 g/mol. The van der Waals surface area contributed by atoms with Crippen LogP contribution in [-0.4, -0.2) is 29.4 Å². The van der Waals surface area contributed by atoms with Crippen LogP contribution in [0.5, 0.6) is 0 Å². The average Bonchev–Trinajstić information content (AvgIpc) is 2.88. The zero-order chi connectivity index (χ0) is 23.9. The smallest absolute Gasteiger partial charge is 0.337 e. The van der Waals surface area contributed by atoms with Crippen molar-refractivity contribution in [3.8, 4) is 0 Å². The van der Waals surface area contributed by atoms with E-state index in [1.54, 1.807) is 6.92 Å². The fourth-order valence-corrected chi connectivity index (χ4v) is 5.09. The third-order valence-electron chi connectivity index (χ3n) is 7.22. The molecule has 0 fully saturated rings. The van der Waals surface area contributed by atoms with Gasteiger partial charge in [0.2, 0.25) is 0 Å². The topological polar surface area (TPSA) is 57.5 Å². The van der Waals surface area contributed by atoms with Crippen molar-refractivity contribution in [3.05, 3.63) is 102 Å². The lowest BCUT2D eigenvalue weighted by molar-refractivity contribution is -0.125. The molecule has 3 aromatic carbocycles. The van der Waals surface area contributed by atoms with Crippen LogP contribution in [0.25, 0.3) is 0 Å². The average molecular weight is 442 g/mol. The highest BCUT2D eigenvalue weighted by Gasteiger charge is 2.51. The number of Topliss-reactive ketones (excluding diaryl/α,β-unsaturated/α-hetero) is 1. The number of hydrogen-bond donors (Lipinski definition) is 2. The Morgan fingerprint density at radius 2 is 1.33 bits per heavy atom. The summed E-state index contributed by atoms with van der Waals surface area (Å²) in [7, 11) is 0. The molecule has 2 atom stereocenters. The molecule has 4 heteroatoms. The lowest BCUT2D eigenvalue weighted by Crippen LogP contribution is -2.50. The first-order chi connectivity index (χ1) is 15.9.